The average Bonchev–Trinajstić information content (AvgIpc) is 3.09. The number of nitrogens with zero attached hydrogens (tertiary/aromatic N) is 2. The molecule has 0 aliphatic carbocycles. The van der Waals surface area contributed by atoms with Gasteiger partial charge in [0.15, 0.2) is 5.17 Å². The molecule has 1 aromatic rings. The third-order valence-corrected chi connectivity index (χ3v) is 6.18. The SMILES string of the molecule is CCOC(=O)C1=C(C)N=C2SC=C(CC(=O)N[C@H](C)CC)N2[C@@H]1c1ccc(Cl)cc1. The number of rotatable bonds is 7. The molecule has 2 heterocycles. The van der Waals surface area contributed by atoms with E-state index in [1.165, 1.54) is 11.8 Å². The lowest BCUT2D eigenvalue weighted by Crippen LogP contribution is -2.39. The minimum Gasteiger partial charge on any atom is -0.463 e. The molecule has 0 radical (unpaired) electrons. The summed E-state index contributed by atoms with van der Waals surface area (Å²) < 4.78 is 5.33. The zero-order chi connectivity index (χ0) is 21.8. The van der Waals surface area contributed by atoms with Gasteiger partial charge in [-0.1, -0.05) is 42.4 Å². The van der Waals surface area contributed by atoms with Gasteiger partial charge in [0.05, 0.1) is 30.3 Å². The molecular formula is C22H26ClN3O3S. The molecule has 2 atom stereocenters. The maximum atomic E-state index is 12.9. The minimum absolute atomic E-state index is 0.0590. The van der Waals surface area contributed by atoms with Crippen molar-refractivity contribution in [3.63, 3.8) is 0 Å². The van der Waals surface area contributed by atoms with Crippen molar-refractivity contribution in [1.82, 2.24) is 10.2 Å². The van der Waals surface area contributed by atoms with Crippen molar-refractivity contribution in [3.8, 4) is 0 Å². The number of amidine groups is 1. The van der Waals surface area contributed by atoms with Crippen LogP contribution >= 0.6 is 23.4 Å². The van der Waals surface area contributed by atoms with E-state index >= 15 is 0 Å². The van der Waals surface area contributed by atoms with Crippen LogP contribution in [0.15, 0.2) is 51.6 Å². The van der Waals surface area contributed by atoms with E-state index in [0.29, 0.717) is 16.3 Å². The number of carbonyl (C=O) groups is 2. The van der Waals surface area contributed by atoms with E-state index in [1.807, 2.05) is 43.2 Å². The first-order valence-corrected chi connectivity index (χ1v) is 11.3. The summed E-state index contributed by atoms with van der Waals surface area (Å²) in [7, 11) is 0. The molecule has 0 bridgehead atoms. The van der Waals surface area contributed by atoms with Crippen molar-refractivity contribution in [2.24, 2.45) is 4.99 Å². The summed E-state index contributed by atoms with van der Waals surface area (Å²) in [5, 5.41) is 6.29. The Hall–Kier alpha value is -2.25. The van der Waals surface area contributed by atoms with Crippen molar-refractivity contribution >= 4 is 40.4 Å². The van der Waals surface area contributed by atoms with Crippen LogP contribution in [0.3, 0.4) is 0 Å². The molecule has 2 aliphatic heterocycles. The minimum atomic E-state index is -0.438. The maximum absolute atomic E-state index is 12.9. The van der Waals surface area contributed by atoms with Gasteiger partial charge in [0.1, 0.15) is 0 Å². The van der Waals surface area contributed by atoms with Crippen molar-refractivity contribution in [2.45, 2.75) is 52.6 Å². The number of thioether (sulfide) groups is 1. The van der Waals surface area contributed by atoms with Gasteiger partial charge in [-0.3, -0.25) is 4.79 Å². The smallest absolute Gasteiger partial charge is 0.338 e. The largest absolute Gasteiger partial charge is 0.463 e. The lowest BCUT2D eigenvalue weighted by atomic mass is 9.94. The number of benzene rings is 1. The Morgan fingerprint density at radius 1 is 1.30 bits per heavy atom. The molecular weight excluding hydrogens is 422 g/mol. The van der Waals surface area contributed by atoms with Crippen LogP contribution in [0.2, 0.25) is 5.02 Å². The predicted molar refractivity (Wildman–Crippen MR) is 121 cm³/mol. The van der Waals surface area contributed by atoms with Crippen LogP contribution in [-0.4, -0.2) is 34.6 Å². The molecule has 0 aromatic heterocycles. The Balaban J connectivity index is 1.99. The molecule has 1 amide bonds. The second-order valence-corrected chi connectivity index (χ2v) is 8.49. The zero-order valence-corrected chi connectivity index (χ0v) is 19.1. The molecule has 160 valence electrons. The summed E-state index contributed by atoms with van der Waals surface area (Å²) in [6.45, 7) is 7.87. The van der Waals surface area contributed by atoms with Crippen molar-refractivity contribution in [2.75, 3.05) is 6.61 Å². The molecule has 30 heavy (non-hydrogen) atoms. The van der Waals surface area contributed by atoms with Crippen molar-refractivity contribution in [3.05, 3.63) is 57.2 Å². The van der Waals surface area contributed by atoms with Gasteiger partial charge in [0.2, 0.25) is 5.91 Å². The van der Waals surface area contributed by atoms with Gasteiger partial charge in [-0.15, -0.1) is 0 Å². The molecule has 1 aromatic carbocycles. The molecule has 2 aliphatic rings. The second kappa shape index (κ2) is 9.71. The molecule has 8 heteroatoms. The first kappa shape index (κ1) is 22.4. The van der Waals surface area contributed by atoms with Crippen LogP contribution in [-0.2, 0) is 14.3 Å². The van der Waals surface area contributed by atoms with E-state index in [-0.39, 0.29) is 25.0 Å². The lowest BCUT2D eigenvalue weighted by molar-refractivity contribution is -0.139. The van der Waals surface area contributed by atoms with Crippen LogP contribution in [0.1, 0.15) is 52.1 Å². The summed E-state index contributed by atoms with van der Waals surface area (Å²) in [5.41, 5.74) is 2.77. The van der Waals surface area contributed by atoms with E-state index in [0.717, 1.165) is 22.8 Å². The Bertz CT molecular complexity index is 924. The number of hydrogen-bond donors (Lipinski definition) is 1. The van der Waals surface area contributed by atoms with Gasteiger partial charge >= 0.3 is 5.97 Å². The summed E-state index contributed by atoms with van der Waals surface area (Å²) in [6.07, 6.45) is 1.06. The van der Waals surface area contributed by atoms with Crippen LogP contribution < -0.4 is 5.32 Å². The number of nitrogens with one attached hydrogen (secondary N) is 1. The molecule has 0 saturated heterocycles. The number of amides is 1. The van der Waals surface area contributed by atoms with E-state index in [4.69, 9.17) is 16.3 Å². The summed E-state index contributed by atoms with van der Waals surface area (Å²) in [4.78, 5) is 32.0. The topological polar surface area (TPSA) is 71.0 Å². The molecule has 3 rings (SSSR count). The fraction of sp³-hybridized carbons (Fsp3) is 0.409. The summed E-state index contributed by atoms with van der Waals surface area (Å²) in [5.74, 6) is -0.464. The van der Waals surface area contributed by atoms with Crippen LogP contribution in [0.5, 0.6) is 0 Å². The van der Waals surface area contributed by atoms with E-state index in [2.05, 4.69) is 10.3 Å². The number of halogens is 1. The Kier molecular flexibility index (Phi) is 7.26. The Labute approximate surface area is 186 Å². The average molecular weight is 448 g/mol. The number of fused-ring (bicyclic) bond motifs is 1. The van der Waals surface area contributed by atoms with Crippen LogP contribution in [0, 0.1) is 0 Å². The van der Waals surface area contributed by atoms with E-state index in [1.54, 1.807) is 19.1 Å². The van der Waals surface area contributed by atoms with Gasteiger partial charge in [-0.05, 0) is 50.3 Å². The normalized spacial score (nSPS) is 19.1. The first-order valence-electron chi connectivity index (χ1n) is 10.0. The number of carbonyl (C=O) groups excluding carboxylic acids is 2. The number of esters is 1. The van der Waals surface area contributed by atoms with Gasteiger partial charge in [-0.2, -0.15) is 0 Å². The third kappa shape index (κ3) is 4.73. The second-order valence-electron chi connectivity index (χ2n) is 7.22. The fourth-order valence-electron chi connectivity index (χ4n) is 3.39. The molecule has 0 spiro atoms. The highest BCUT2D eigenvalue weighted by Gasteiger charge is 2.41. The zero-order valence-electron chi connectivity index (χ0n) is 17.6. The molecule has 0 unspecified atom stereocenters. The summed E-state index contributed by atoms with van der Waals surface area (Å²) in [6, 6.07) is 7.04. The van der Waals surface area contributed by atoms with E-state index < -0.39 is 12.0 Å². The van der Waals surface area contributed by atoms with Gasteiger partial charge < -0.3 is 15.0 Å². The fourth-order valence-corrected chi connectivity index (χ4v) is 4.48. The van der Waals surface area contributed by atoms with Gasteiger partial charge in [0.25, 0.3) is 0 Å². The highest BCUT2D eigenvalue weighted by Crippen LogP contribution is 2.44. The number of allylic oxidation sites excluding steroid dienone is 1. The Morgan fingerprint density at radius 3 is 2.63 bits per heavy atom. The lowest BCUT2D eigenvalue weighted by Gasteiger charge is -2.36. The number of aliphatic imine (C=N–C) groups is 1. The quantitative estimate of drug-likeness (QED) is 0.609. The number of hydrogen-bond acceptors (Lipinski definition) is 6. The van der Waals surface area contributed by atoms with Crippen molar-refractivity contribution in [1.29, 1.82) is 0 Å². The highest BCUT2D eigenvalue weighted by molar-refractivity contribution is 8.16. The van der Waals surface area contributed by atoms with Crippen molar-refractivity contribution < 1.29 is 14.3 Å². The summed E-state index contributed by atoms with van der Waals surface area (Å²) >= 11 is 7.54. The van der Waals surface area contributed by atoms with E-state index in [9.17, 15) is 9.59 Å². The molecule has 0 fully saturated rings. The molecule has 1 N–H and O–H groups in total. The van der Waals surface area contributed by atoms with Gasteiger partial charge in [-0.25, -0.2) is 9.79 Å². The van der Waals surface area contributed by atoms with Gasteiger partial charge in [0, 0.05) is 16.8 Å². The standard InChI is InChI=1S/C22H26ClN3O3S/c1-5-13(3)24-18(27)11-17-12-30-22-25-14(4)19(21(28)29-6-2)20(26(17)22)15-7-9-16(23)10-8-15/h7-10,12-13,20H,5-6,11H2,1-4H3,(H,24,27)/t13-,20-/m1/s1. The molecule has 0 saturated carbocycles. The first-order chi connectivity index (χ1) is 14.3. The van der Waals surface area contributed by atoms with Crippen LogP contribution in [0.4, 0.5) is 0 Å². The van der Waals surface area contributed by atoms with Crippen LogP contribution in [0.25, 0.3) is 0 Å². The predicted octanol–water partition coefficient (Wildman–Crippen LogP) is 4.78. The third-order valence-electron chi connectivity index (χ3n) is 5.04. The maximum Gasteiger partial charge on any atom is 0.338 e. The monoisotopic (exact) mass is 447 g/mol. The number of ether oxygens (including phenoxy) is 1. The Morgan fingerprint density at radius 2 is 2.00 bits per heavy atom. The molecule has 6 nitrogen and oxygen atoms in total. The highest BCUT2D eigenvalue weighted by atomic mass is 35.5.